The number of thiazole rings is 1. The lowest BCUT2D eigenvalue weighted by Crippen LogP contribution is -2.13. The Morgan fingerprint density at radius 2 is 1.81 bits per heavy atom. The average Bonchev–Trinajstić information content (AvgIpc) is 3.07. The van der Waals surface area contributed by atoms with Gasteiger partial charge < -0.3 is 10.4 Å². The topological polar surface area (TPSA) is 125 Å². The van der Waals surface area contributed by atoms with Crippen LogP contribution in [0.1, 0.15) is 20.9 Å². The van der Waals surface area contributed by atoms with E-state index in [0.29, 0.717) is 16.3 Å². The van der Waals surface area contributed by atoms with Crippen LogP contribution in [0.25, 0.3) is 6.08 Å². The summed E-state index contributed by atoms with van der Waals surface area (Å²) in [5.74, 6) is -1.59. The molecule has 0 aliphatic rings. The van der Waals surface area contributed by atoms with Crippen molar-refractivity contribution in [3.63, 3.8) is 0 Å². The Morgan fingerprint density at radius 3 is 2.42 bits per heavy atom. The molecule has 3 N–H and O–H groups in total. The van der Waals surface area contributed by atoms with Gasteiger partial charge in [0.25, 0.3) is 10.0 Å². The maximum atomic E-state index is 12.5. The maximum absolute atomic E-state index is 12.5. The van der Waals surface area contributed by atoms with Crippen LogP contribution in [-0.4, -0.2) is 30.4 Å². The van der Waals surface area contributed by atoms with Gasteiger partial charge >= 0.3 is 5.97 Å². The van der Waals surface area contributed by atoms with Gasteiger partial charge in [0.2, 0.25) is 5.91 Å². The zero-order chi connectivity index (χ0) is 22.6. The smallest absolute Gasteiger partial charge is 0.347 e. The van der Waals surface area contributed by atoms with Gasteiger partial charge in [-0.05, 0) is 48.9 Å². The zero-order valence-corrected chi connectivity index (χ0v) is 18.4. The van der Waals surface area contributed by atoms with Crippen molar-refractivity contribution in [2.75, 3.05) is 10.0 Å². The molecule has 2 aromatic carbocycles. The van der Waals surface area contributed by atoms with Crippen molar-refractivity contribution in [3.05, 3.63) is 75.8 Å². The van der Waals surface area contributed by atoms with Gasteiger partial charge in [0.1, 0.15) is 4.88 Å². The summed E-state index contributed by atoms with van der Waals surface area (Å²) < 4.78 is 27.3. The first-order valence-corrected chi connectivity index (χ1v) is 11.4. The Kier molecular flexibility index (Phi) is 6.74. The molecule has 1 aromatic heterocycles. The number of halogens is 1. The van der Waals surface area contributed by atoms with Crippen molar-refractivity contribution < 1.29 is 23.1 Å². The number of amides is 1. The van der Waals surface area contributed by atoms with Gasteiger partial charge in [0, 0.05) is 16.8 Å². The van der Waals surface area contributed by atoms with Gasteiger partial charge in [-0.3, -0.25) is 9.52 Å². The maximum Gasteiger partial charge on any atom is 0.347 e. The zero-order valence-electron chi connectivity index (χ0n) is 16.0. The van der Waals surface area contributed by atoms with Crippen LogP contribution in [-0.2, 0) is 14.8 Å². The second-order valence-corrected chi connectivity index (χ2v) is 9.30. The van der Waals surface area contributed by atoms with Crippen molar-refractivity contribution in [1.82, 2.24) is 4.98 Å². The van der Waals surface area contributed by atoms with E-state index in [0.717, 1.165) is 11.3 Å². The van der Waals surface area contributed by atoms with Crippen LogP contribution in [0.4, 0.5) is 10.8 Å². The number of anilines is 2. The molecule has 0 unspecified atom stereocenters. The van der Waals surface area contributed by atoms with E-state index in [-0.39, 0.29) is 20.6 Å². The molecular weight excluding hydrogens is 462 g/mol. The lowest BCUT2D eigenvalue weighted by molar-refractivity contribution is -0.111. The van der Waals surface area contributed by atoms with E-state index in [2.05, 4.69) is 15.0 Å². The van der Waals surface area contributed by atoms with Crippen LogP contribution in [0.5, 0.6) is 0 Å². The number of carboxylic acids is 1. The monoisotopic (exact) mass is 477 g/mol. The van der Waals surface area contributed by atoms with Crippen molar-refractivity contribution in [3.8, 4) is 0 Å². The summed E-state index contributed by atoms with van der Waals surface area (Å²) in [5, 5.41) is 12.2. The predicted molar refractivity (Wildman–Crippen MR) is 120 cm³/mol. The fourth-order valence-electron chi connectivity index (χ4n) is 2.49. The first-order valence-electron chi connectivity index (χ1n) is 8.73. The molecule has 3 aromatic rings. The van der Waals surface area contributed by atoms with Crippen molar-refractivity contribution in [2.24, 2.45) is 0 Å². The third-order valence-electron chi connectivity index (χ3n) is 3.96. The first-order chi connectivity index (χ1) is 14.7. The molecule has 0 bridgehead atoms. The Bertz CT molecular complexity index is 1270. The van der Waals surface area contributed by atoms with E-state index in [1.807, 2.05) is 0 Å². The molecule has 0 aliphatic carbocycles. The van der Waals surface area contributed by atoms with Crippen LogP contribution >= 0.6 is 22.9 Å². The van der Waals surface area contributed by atoms with Gasteiger partial charge in [-0.25, -0.2) is 18.2 Å². The predicted octanol–water partition coefficient (Wildman–Crippen LogP) is 4.26. The lowest BCUT2D eigenvalue weighted by Gasteiger charge is -2.07. The van der Waals surface area contributed by atoms with E-state index < -0.39 is 21.9 Å². The summed E-state index contributed by atoms with van der Waals surface area (Å²) in [6, 6.07) is 12.6. The number of hydrogen-bond donors (Lipinski definition) is 3. The Labute approximate surface area is 187 Å². The Balaban J connectivity index is 1.67. The van der Waals surface area contributed by atoms with Crippen LogP contribution in [0, 0.1) is 6.92 Å². The van der Waals surface area contributed by atoms with E-state index >= 15 is 0 Å². The standard InChI is InChI=1S/C20H16ClN3O5S2/c1-12-18(19(26)27)30-20(22-12)24-31(28,29)15-9-7-14(8-10-15)23-17(25)11-6-13-4-2-3-5-16(13)21/h2-11H,1H3,(H,22,24)(H,23,25)(H,26,27). The number of sulfonamides is 1. The highest BCUT2D eigenvalue weighted by Gasteiger charge is 2.20. The molecule has 1 heterocycles. The van der Waals surface area contributed by atoms with Crippen LogP contribution in [0.2, 0.25) is 5.02 Å². The average molecular weight is 478 g/mol. The number of carboxylic acid groups (broad SMARTS) is 1. The number of nitrogens with one attached hydrogen (secondary N) is 2. The van der Waals surface area contributed by atoms with Crippen molar-refractivity contribution in [1.29, 1.82) is 0 Å². The quantitative estimate of drug-likeness (QED) is 0.436. The second-order valence-electron chi connectivity index (χ2n) is 6.21. The van der Waals surface area contributed by atoms with Gasteiger partial charge in [-0.2, -0.15) is 0 Å². The number of hydrogen-bond acceptors (Lipinski definition) is 6. The largest absolute Gasteiger partial charge is 0.477 e. The number of rotatable bonds is 7. The molecule has 8 nitrogen and oxygen atoms in total. The first kappa shape index (κ1) is 22.5. The third kappa shape index (κ3) is 5.69. The summed E-state index contributed by atoms with van der Waals surface area (Å²) in [5.41, 5.74) is 1.31. The number of benzene rings is 2. The third-order valence-corrected chi connectivity index (χ3v) is 6.85. The number of aromatic nitrogens is 1. The van der Waals surface area contributed by atoms with Crippen LogP contribution in [0.15, 0.2) is 59.5 Å². The molecular formula is C20H16ClN3O5S2. The van der Waals surface area contributed by atoms with E-state index in [9.17, 15) is 18.0 Å². The molecule has 0 aliphatic heterocycles. The number of aromatic carboxylic acids is 1. The van der Waals surface area contributed by atoms with E-state index in [1.165, 1.54) is 37.3 Å². The molecule has 31 heavy (non-hydrogen) atoms. The number of aryl methyl sites for hydroxylation is 1. The summed E-state index contributed by atoms with van der Waals surface area (Å²) in [6.45, 7) is 1.48. The van der Waals surface area contributed by atoms with Crippen molar-refractivity contribution in [2.45, 2.75) is 11.8 Å². The summed E-state index contributed by atoms with van der Waals surface area (Å²) in [6.07, 6.45) is 2.89. The van der Waals surface area contributed by atoms with Crippen molar-refractivity contribution >= 4 is 61.7 Å². The van der Waals surface area contributed by atoms with Gasteiger partial charge in [-0.15, -0.1) is 0 Å². The molecule has 1 amide bonds. The van der Waals surface area contributed by atoms with Gasteiger partial charge in [0.05, 0.1) is 10.6 Å². The normalized spacial score (nSPS) is 11.4. The minimum absolute atomic E-state index is 0.0411. The molecule has 0 saturated carbocycles. The highest BCUT2D eigenvalue weighted by atomic mass is 35.5. The highest BCUT2D eigenvalue weighted by molar-refractivity contribution is 7.93. The fraction of sp³-hybridized carbons (Fsp3) is 0.0500. The molecule has 11 heteroatoms. The molecule has 0 radical (unpaired) electrons. The molecule has 0 spiro atoms. The number of carbonyl (C=O) groups excluding carboxylic acids is 1. The van der Waals surface area contributed by atoms with E-state index in [4.69, 9.17) is 16.7 Å². The van der Waals surface area contributed by atoms with E-state index in [1.54, 1.807) is 30.3 Å². The van der Waals surface area contributed by atoms with Crippen LogP contribution < -0.4 is 10.0 Å². The minimum atomic E-state index is -3.98. The SMILES string of the molecule is Cc1nc(NS(=O)(=O)c2ccc(NC(=O)C=Cc3ccccc3Cl)cc2)sc1C(=O)O. The molecule has 0 atom stereocenters. The molecule has 160 valence electrons. The molecule has 0 saturated heterocycles. The fourth-order valence-corrected chi connectivity index (χ4v) is 4.73. The summed E-state index contributed by atoms with van der Waals surface area (Å²) in [7, 11) is -3.98. The van der Waals surface area contributed by atoms with Gasteiger partial charge in [-0.1, -0.05) is 41.1 Å². The Morgan fingerprint density at radius 1 is 1.13 bits per heavy atom. The molecule has 0 fully saturated rings. The lowest BCUT2D eigenvalue weighted by atomic mass is 10.2. The van der Waals surface area contributed by atoms with Gasteiger partial charge in [0.15, 0.2) is 5.13 Å². The number of nitrogens with zero attached hydrogens (tertiary/aromatic N) is 1. The Hall–Kier alpha value is -3.21. The summed E-state index contributed by atoms with van der Waals surface area (Å²) in [4.78, 5) is 27.0. The minimum Gasteiger partial charge on any atom is -0.477 e. The second kappa shape index (κ2) is 9.29. The highest BCUT2D eigenvalue weighted by Crippen LogP contribution is 2.25. The van der Waals surface area contributed by atoms with Crippen LogP contribution in [0.3, 0.4) is 0 Å². The molecule has 3 rings (SSSR count). The summed E-state index contributed by atoms with van der Waals surface area (Å²) >= 11 is 6.76. The number of carbonyl (C=O) groups is 2.